The number of carboxylic acids is 1. The fourth-order valence-electron chi connectivity index (χ4n) is 3.43. The first kappa shape index (κ1) is 30.6. The van der Waals surface area contributed by atoms with Crippen LogP contribution in [0.4, 0.5) is 0 Å². The molecule has 0 aromatic carbocycles. The topological polar surface area (TPSA) is 94.5 Å². The largest absolute Gasteiger partial charge is 1.00 e. The normalized spacial score (nSPS) is 12.7. The zero-order valence-corrected chi connectivity index (χ0v) is 21.3. The van der Waals surface area contributed by atoms with Crippen LogP contribution in [0.15, 0.2) is 0 Å². The second-order valence-electron chi connectivity index (χ2n) is 8.30. The van der Waals surface area contributed by atoms with E-state index >= 15 is 0 Å². The molecular formula is C21H41NaO5S. The molecule has 0 saturated heterocycles. The molecule has 0 rings (SSSR count). The van der Waals surface area contributed by atoms with Crippen molar-refractivity contribution < 1.29 is 52.4 Å². The number of carbonyl (C=O) groups is 1. The summed E-state index contributed by atoms with van der Waals surface area (Å²) in [5, 5.41) is 11.1. The number of carbonyl (C=O) groups excluding carboxylic acids is 1. The zero-order valence-electron chi connectivity index (χ0n) is 18.5. The molecule has 162 valence electrons. The summed E-state index contributed by atoms with van der Waals surface area (Å²) in [5.74, 6) is -1.28. The molecule has 0 aromatic heterocycles. The van der Waals surface area contributed by atoms with E-state index in [9.17, 15) is 18.3 Å². The number of unbranched alkanes of at least 4 members (excludes halogenated alkanes) is 10. The summed E-state index contributed by atoms with van der Waals surface area (Å²) in [6, 6.07) is 0. The summed E-state index contributed by atoms with van der Waals surface area (Å²) in [4.78, 5) is 11.1. The van der Waals surface area contributed by atoms with Gasteiger partial charge in [-0.2, -0.15) is 8.42 Å². The first-order valence-electron chi connectivity index (χ1n) is 10.9. The molecule has 0 bridgehead atoms. The van der Waals surface area contributed by atoms with Crippen LogP contribution < -0.4 is 34.7 Å². The van der Waals surface area contributed by atoms with E-state index in [1.165, 1.54) is 57.8 Å². The summed E-state index contributed by atoms with van der Waals surface area (Å²) >= 11 is 0. The Labute approximate surface area is 195 Å². The average molecular weight is 429 g/mol. The van der Waals surface area contributed by atoms with Gasteiger partial charge < -0.3 is 9.90 Å². The Hall–Kier alpha value is 0.380. The smallest absolute Gasteiger partial charge is 0.550 e. The van der Waals surface area contributed by atoms with Gasteiger partial charge in [0.25, 0.3) is 10.1 Å². The van der Waals surface area contributed by atoms with Gasteiger partial charge in [-0.25, -0.2) is 0 Å². The molecule has 0 aliphatic carbocycles. The van der Waals surface area contributed by atoms with Crippen molar-refractivity contribution in [3.8, 4) is 0 Å². The third-order valence-electron chi connectivity index (χ3n) is 5.12. The van der Waals surface area contributed by atoms with Crippen LogP contribution >= 0.6 is 0 Å². The Bertz CT molecular complexity index is 465. The van der Waals surface area contributed by atoms with Gasteiger partial charge in [0.2, 0.25) is 0 Å². The molecule has 0 spiro atoms. The van der Waals surface area contributed by atoms with E-state index in [2.05, 4.69) is 13.8 Å². The minimum absolute atomic E-state index is 0. The first-order chi connectivity index (χ1) is 12.7. The van der Waals surface area contributed by atoms with Gasteiger partial charge in [0.1, 0.15) is 0 Å². The third kappa shape index (κ3) is 22.7. The van der Waals surface area contributed by atoms with Crippen LogP contribution in [0.3, 0.4) is 0 Å². The molecule has 7 heteroatoms. The van der Waals surface area contributed by atoms with Gasteiger partial charge >= 0.3 is 29.6 Å². The summed E-state index contributed by atoms with van der Waals surface area (Å²) in [6.45, 7) is 4.56. The zero-order chi connectivity index (χ0) is 20.5. The van der Waals surface area contributed by atoms with Crippen molar-refractivity contribution in [3.63, 3.8) is 0 Å². The van der Waals surface area contributed by atoms with Crippen molar-refractivity contribution in [2.24, 2.45) is 11.8 Å². The molecule has 0 aromatic rings. The molecule has 0 radical (unpaired) electrons. The van der Waals surface area contributed by atoms with Gasteiger partial charge in [0.05, 0.1) is 5.75 Å². The Balaban J connectivity index is 0. The summed E-state index contributed by atoms with van der Waals surface area (Å²) < 4.78 is 30.0. The minimum Gasteiger partial charge on any atom is -0.550 e. The van der Waals surface area contributed by atoms with Gasteiger partial charge in [-0.05, 0) is 31.1 Å². The molecule has 0 fully saturated rings. The number of aliphatic carboxylic acids is 1. The maximum Gasteiger partial charge on any atom is 1.00 e. The Morgan fingerprint density at radius 2 is 1.11 bits per heavy atom. The first-order valence-corrected chi connectivity index (χ1v) is 12.5. The maximum atomic E-state index is 11.1. The van der Waals surface area contributed by atoms with Crippen LogP contribution in [0.2, 0.25) is 0 Å². The molecule has 1 atom stereocenters. The maximum absolute atomic E-state index is 11.1. The average Bonchev–Trinajstić information content (AvgIpc) is 2.55. The van der Waals surface area contributed by atoms with Gasteiger partial charge in [-0.3, -0.25) is 4.55 Å². The Morgan fingerprint density at radius 1 is 0.750 bits per heavy atom. The second-order valence-corrected chi connectivity index (χ2v) is 9.88. The van der Waals surface area contributed by atoms with Crippen LogP contribution in [0, 0.1) is 11.8 Å². The Morgan fingerprint density at radius 3 is 1.46 bits per heavy atom. The summed E-state index contributed by atoms with van der Waals surface area (Å²) in [5.41, 5.74) is 0. The predicted molar refractivity (Wildman–Crippen MR) is 109 cm³/mol. The fourth-order valence-corrected chi connectivity index (χ4v) is 3.96. The molecule has 28 heavy (non-hydrogen) atoms. The van der Waals surface area contributed by atoms with Gasteiger partial charge in [-0.15, -0.1) is 0 Å². The quantitative estimate of drug-likeness (QED) is 0.192. The minimum atomic E-state index is -4.01. The third-order valence-corrected chi connectivity index (χ3v) is 5.93. The molecule has 0 amide bonds. The predicted octanol–water partition coefficient (Wildman–Crippen LogP) is 1.75. The molecule has 0 saturated carbocycles. The molecular weight excluding hydrogens is 387 g/mol. The standard InChI is InChI=1S/C21H42O5S.Na/c1-19(2)15-12-10-8-6-4-3-5-7-9-11-13-16-20(21(22)23)17-14-18-27(24,25)26;/h19-20H,3-18H2,1-2H3,(H,22,23)(H,24,25,26);/q;+1/p-1. The monoisotopic (exact) mass is 428 g/mol. The van der Waals surface area contributed by atoms with E-state index in [-0.39, 0.29) is 48.2 Å². The van der Waals surface area contributed by atoms with E-state index in [0.29, 0.717) is 6.42 Å². The van der Waals surface area contributed by atoms with Crippen molar-refractivity contribution in [1.82, 2.24) is 0 Å². The van der Waals surface area contributed by atoms with E-state index in [4.69, 9.17) is 4.55 Å². The van der Waals surface area contributed by atoms with E-state index in [1.807, 2.05) is 0 Å². The van der Waals surface area contributed by atoms with E-state index < -0.39 is 22.0 Å². The SMILES string of the molecule is CC(C)CCCCCCCCCCCCCC(CCCS(=O)(=O)O)C(=O)[O-].[Na+]. The van der Waals surface area contributed by atoms with Crippen LogP contribution in [0.5, 0.6) is 0 Å². The van der Waals surface area contributed by atoms with Crippen molar-refractivity contribution in [1.29, 1.82) is 0 Å². The number of rotatable bonds is 19. The molecule has 0 aliphatic heterocycles. The van der Waals surface area contributed by atoms with Gasteiger partial charge in [0.15, 0.2) is 0 Å². The van der Waals surface area contributed by atoms with E-state index in [0.717, 1.165) is 25.2 Å². The molecule has 0 heterocycles. The van der Waals surface area contributed by atoms with E-state index in [1.54, 1.807) is 0 Å². The number of hydrogen-bond acceptors (Lipinski definition) is 4. The molecule has 5 nitrogen and oxygen atoms in total. The molecule has 0 aliphatic rings. The summed E-state index contributed by atoms with van der Waals surface area (Å²) in [6.07, 6.45) is 15.8. The van der Waals surface area contributed by atoms with Crippen molar-refractivity contribution in [2.45, 2.75) is 110 Å². The van der Waals surface area contributed by atoms with Crippen LogP contribution in [0.1, 0.15) is 110 Å². The van der Waals surface area contributed by atoms with Gasteiger partial charge in [0, 0.05) is 5.97 Å². The van der Waals surface area contributed by atoms with Crippen LogP contribution in [-0.2, 0) is 14.9 Å². The summed E-state index contributed by atoms with van der Waals surface area (Å²) in [7, 11) is -4.01. The van der Waals surface area contributed by atoms with Gasteiger partial charge in [-0.1, -0.05) is 90.9 Å². The Kier molecular flexibility index (Phi) is 21.1. The second kappa shape index (κ2) is 19.3. The number of hydrogen-bond donors (Lipinski definition) is 1. The fraction of sp³-hybridized carbons (Fsp3) is 0.952. The van der Waals surface area contributed by atoms with Crippen LogP contribution in [0.25, 0.3) is 0 Å². The number of carboxylic acid groups (broad SMARTS) is 1. The van der Waals surface area contributed by atoms with Crippen molar-refractivity contribution in [2.75, 3.05) is 5.75 Å². The van der Waals surface area contributed by atoms with Crippen molar-refractivity contribution in [3.05, 3.63) is 0 Å². The molecule has 1 N–H and O–H groups in total. The molecule has 1 unspecified atom stereocenters. The van der Waals surface area contributed by atoms with Crippen molar-refractivity contribution >= 4 is 16.1 Å². The van der Waals surface area contributed by atoms with Crippen LogP contribution in [-0.4, -0.2) is 24.7 Å².